The van der Waals surface area contributed by atoms with E-state index in [1.807, 2.05) is 0 Å². The van der Waals surface area contributed by atoms with Crippen LogP contribution in [-0.2, 0) is 4.79 Å². The first-order valence-electron chi connectivity index (χ1n) is 6.05. The summed E-state index contributed by atoms with van der Waals surface area (Å²) in [7, 11) is 0. The fourth-order valence-corrected chi connectivity index (χ4v) is 2.40. The lowest BCUT2D eigenvalue weighted by atomic mass is 10.1. The van der Waals surface area contributed by atoms with E-state index in [9.17, 15) is 4.79 Å². The normalized spacial score (nSPS) is 17.3. The molecule has 1 aliphatic carbocycles. The Bertz CT molecular complexity index is 200. The smallest absolute Gasteiger partial charge is 0.232 e. The predicted octanol–water partition coefficient (Wildman–Crippen LogP) is 2.73. The van der Waals surface area contributed by atoms with Gasteiger partial charge in [-0.15, -0.1) is 0 Å². The van der Waals surface area contributed by atoms with Crippen molar-refractivity contribution in [3.8, 4) is 0 Å². The number of thiol groups is 1. The Morgan fingerprint density at radius 1 is 1.40 bits per heavy atom. The average Bonchev–Trinajstić information content (AvgIpc) is 2.70. The molecule has 0 spiro atoms. The van der Waals surface area contributed by atoms with Crippen LogP contribution in [0.2, 0.25) is 0 Å². The van der Waals surface area contributed by atoms with Gasteiger partial charge in [0.2, 0.25) is 5.91 Å². The molecule has 0 aliphatic heterocycles. The van der Waals surface area contributed by atoms with Crippen LogP contribution in [-0.4, -0.2) is 29.1 Å². The highest BCUT2D eigenvalue weighted by Gasteiger charge is 2.25. The summed E-state index contributed by atoms with van der Waals surface area (Å²) in [5.41, 5.74) is 0. The molecule has 0 saturated heterocycles. The fourth-order valence-electron chi connectivity index (χ4n) is 2.21. The zero-order chi connectivity index (χ0) is 11.3. The maximum atomic E-state index is 11.8. The molecule has 0 aromatic heterocycles. The maximum Gasteiger partial charge on any atom is 0.232 e. The van der Waals surface area contributed by atoms with Gasteiger partial charge in [0.25, 0.3) is 0 Å². The number of carbonyl (C=O) groups is 1. The van der Waals surface area contributed by atoms with Crippen molar-refractivity contribution in [3.05, 3.63) is 0 Å². The molecule has 3 heteroatoms. The molecule has 15 heavy (non-hydrogen) atoms. The van der Waals surface area contributed by atoms with E-state index in [-0.39, 0.29) is 5.91 Å². The molecule has 0 N–H and O–H groups in total. The van der Waals surface area contributed by atoms with Crippen LogP contribution in [0.25, 0.3) is 0 Å². The van der Waals surface area contributed by atoms with Crippen LogP contribution in [0.1, 0.15) is 46.0 Å². The lowest BCUT2D eigenvalue weighted by molar-refractivity contribution is -0.130. The summed E-state index contributed by atoms with van der Waals surface area (Å²) in [5.74, 6) is 1.24. The van der Waals surface area contributed by atoms with Gasteiger partial charge in [0.15, 0.2) is 0 Å². The molecule has 1 fully saturated rings. The van der Waals surface area contributed by atoms with Gasteiger partial charge in [-0.2, -0.15) is 12.6 Å². The second-order valence-electron chi connectivity index (χ2n) is 4.87. The Labute approximate surface area is 98.8 Å². The molecular weight excluding hydrogens is 206 g/mol. The quantitative estimate of drug-likeness (QED) is 0.719. The van der Waals surface area contributed by atoms with Gasteiger partial charge in [-0.25, -0.2) is 0 Å². The minimum Gasteiger partial charge on any atom is -0.339 e. The molecule has 0 heterocycles. The molecule has 1 rings (SSSR count). The van der Waals surface area contributed by atoms with E-state index in [4.69, 9.17) is 0 Å². The van der Waals surface area contributed by atoms with Crippen molar-refractivity contribution >= 4 is 18.5 Å². The van der Waals surface area contributed by atoms with E-state index >= 15 is 0 Å². The molecule has 0 bridgehead atoms. The van der Waals surface area contributed by atoms with Gasteiger partial charge in [-0.1, -0.05) is 26.7 Å². The number of hydrogen-bond donors (Lipinski definition) is 1. The van der Waals surface area contributed by atoms with Crippen LogP contribution in [0.3, 0.4) is 0 Å². The van der Waals surface area contributed by atoms with Gasteiger partial charge >= 0.3 is 0 Å². The Morgan fingerprint density at radius 3 is 2.47 bits per heavy atom. The summed E-state index contributed by atoms with van der Waals surface area (Å²) in [6.45, 7) is 5.33. The molecule has 0 unspecified atom stereocenters. The van der Waals surface area contributed by atoms with E-state index in [2.05, 4.69) is 31.4 Å². The lowest BCUT2D eigenvalue weighted by Gasteiger charge is -2.29. The molecule has 0 radical (unpaired) electrons. The average molecular weight is 229 g/mol. The van der Waals surface area contributed by atoms with Gasteiger partial charge in [0.1, 0.15) is 0 Å². The van der Waals surface area contributed by atoms with Crippen molar-refractivity contribution in [3.63, 3.8) is 0 Å². The summed E-state index contributed by atoms with van der Waals surface area (Å²) in [5, 5.41) is 0. The van der Waals surface area contributed by atoms with Crippen LogP contribution in [0, 0.1) is 5.92 Å². The van der Waals surface area contributed by atoms with Crippen LogP contribution in [0.15, 0.2) is 0 Å². The first kappa shape index (κ1) is 12.9. The zero-order valence-corrected chi connectivity index (χ0v) is 10.8. The monoisotopic (exact) mass is 229 g/mol. The Morgan fingerprint density at radius 2 is 2.00 bits per heavy atom. The van der Waals surface area contributed by atoms with Crippen molar-refractivity contribution in [1.82, 2.24) is 4.90 Å². The number of amides is 1. The highest BCUT2D eigenvalue weighted by atomic mass is 32.1. The molecule has 88 valence electrons. The lowest BCUT2D eigenvalue weighted by Crippen LogP contribution is -2.40. The predicted molar refractivity (Wildman–Crippen MR) is 67.3 cm³/mol. The second-order valence-corrected chi connectivity index (χ2v) is 5.18. The Hall–Kier alpha value is -0.180. The Balaban J connectivity index is 2.48. The first-order valence-corrected chi connectivity index (χ1v) is 6.68. The van der Waals surface area contributed by atoms with Gasteiger partial charge in [-0.05, 0) is 25.2 Å². The van der Waals surface area contributed by atoms with E-state index in [1.165, 1.54) is 25.7 Å². The van der Waals surface area contributed by atoms with Gasteiger partial charge < -0.3 is 4.90 Å². The summed E-state index contributed by atoms with van der Waals surface area (Å²) < 4.78 is 0. The minimum atomic E-state index is 0.214. The van der Waals surface area contributed by atoms with Crippen LogP contribution in [0.4, 0.5) is 0 Å². The third-order valence-corrected chi connectivity index (χ3v) is 3.44. The third kappa shape index (κ3) is 4.06. The van der Waals surface area contributed by atoms with E-state index in [1.54, 1.807) is 0 Å². The zero-order valence-electron chi connectivity index (χ0n) is 9.91. The minimum absolute atomic E-state index is 0.214. The molecule has 0 atom stereocenters. The number of nitrogens with zero attached hydrogens (tertiary/aromatic N) is 1. The first-order chi connectivity index (χ1) is 7.15. The van der Waals surface area contributed by atoms with Gasteiger partial charge in [0.05, 0.1) is 5.75 Å². The molecule has 1 amide bonds. The van der Waals surface area contributed by atoms with E-state index in [0.29, 0.717) is 17.7 Å². The number of hydrogen-bond acceptors (Lipinski definition) is 2. The SMILES string of the molecule is CC(C)CCN(C(=O)CS)C1CCCC1. The largest absolute Gasteiger partial charge is 0.339 e. The topological polar surface area (TPSA) is 20.3 Å². The summed E-state index contributed by atoms with van der Waals surface area (Å²) in [6, 6.07) is 0.503. The summed E-state index contributed by atoms with van der Waals surface area (Å²) in [4.78, 5) is 13.8. The van der Waals surface area contributed by atoms with Crippen molar-refractivity contribution < 1.29 is 4.79 Å². The number of carbonyl (C=O) groups excluding carboxylic acids is 1. The van der Waals surface area contributed by atoms with Gasteiger partial charge in [0, 0.05) is 12.6 Å². The number of rotatable bonds is 5. The highest BCUT2D eigenvalue weighted by Crippen LogP contribution is 2.24. The second kappa shape index (κ2) is 6.41. The van der Waals surface area contributed by atoms with Crippen molar-refractivity contribution in [2.45, 2.75) is 52.0 Å². The van der Waals surface area contributed by atoms with E-state index in [0.717, 1.165) is 13.0 Å². The van der Waals surface area contributed by atoms with Gasteiger partial charge in [-0.3, -0.25) is 4.79 Å². The molecular formula is C12H23NOS. The molecule has 0 aromatic carbocycles. The van der Waals surface area contributed by atoms with E-state index < -0.39 is 0 Å². The van der Waals surface area contributed by atoms with Crippen molar-refractivity contribution in [1.29, 1.82) is 0 Å². The van der Waals surface area contributed by atoms with Crippen LogP contribution >= 0.6 is 12.6 Å². The molecule has 2 nitrogen and oxygen atoms in total. The molecule has 0 aromatic rings. The molecule has 1 aliphatic rings. The summed E-state index contributed by atoms with van der Waals surface area (Å²) in [6.07, 6.45) is 6.05. The summed E-state index contributed by atoms with van der Waals surface area (Å²) >= 11 is 4.10. The maximum absolute atomic E-state index is 11.8. The highest BCUT2D eigenvalue weighted by molar-refractivity contribution is 7.81. The standard InChI is InChI=1S/C12H23NOS/c1-10(2)7-8-13(12(14)9-15)11-5-3-4-6-11/h10-11,15H,3-9H2,1-2H3. The van der Waals surface area contributed by atoms with Crippen LogP contribution in [0.5, 0.6) is 0 Å². The Kier molecular flexibility index (Phi) is 5.51. The third-order valence-electron chi connectivity index (χ3n) is 3.17. The van der Waals surface area contributed by atoms with Crippen LogP contribution < -0.4 is 0 Å². The van der Waals surface area contributed by atoms with Crippen molar-refractivity contribution in [2.24, 2.45) is 5.92 Å². The fraction of sp³-hybridized carbons (Fsp3) is 0.917. The van der Waals surface area contributed by atoms with Crippen molar-refractivity contribution in [2.75, 3.05) is 12.3 Å². The molecule has 1 saturated carbocycles.